The minimum Gasteiger partial charge on any atom is -0.369 e. The number of nitrogens with two attached hydrogens (primary N) is 1. The maximum absolute atomic E-state index is 12.2. The maximum atomic E-state index is 12.2. The molecule has 1 atom stereocenters. The Balaban J connectivity index is 1.90. The molecule has 0 aliphatic heterocycles. The number of primary amides is 1. The van der Waals surface area contributed by atoms with Crippen LogP contribution in [0.25, 0.3) is 0 Å². The number of nitrogens with one attached hydrogen (secondary N) is 2. The molecule has 5 nitrogen and oxygen atoms in total. The first-order valence-corrected chi connectivity index (χ1v) is 6.50. The molecule has 1 unspecified atom stereocenters. The highest BCUT2D eigenvalue weighted by Gasteiger charge is 2.31. The number of hydrogen-bond acceptors (Lipinski definition) is 3. The van der Waals surface area contributed by atoms with Crippen LogP contribution in [0.1, 0.15) is 22.5 Å². The summed E-state index contributed by atoms with van der Waals surface area (Å²) in [5.74, 6) is -0.871. The number of benzene rings is 1. The van der Waals surface area contributed by atoms with Crippen LogP contribution in [0.15, 0.2) is 36.5 Å². The summed E-state index contributed by atoms with van der Waals surface area (Å²) in [7, 11) is 0. The van der Waals surface area contributed by atoms with Gasteiger partial charge in [-0.15, -0.1) is 0 Å². The number of aromatic nitrogens is 1. The number of aromatic amines is 1. The van der Waals surface area contributed by atoms with Crippen molar-refractivity contribution in [3.8, 4) is 0 Å². The lowest BCUT2D eigenvalue weighted by Crippen LogP contribution is -2.31. The van der Waals surface area contributed by atoms with Crippen LogP contribution in [-0.2, 0) is 11.2 Å². The molecule has 20 heavy (non-hydrogen) atoms. The Bertz CT molecular complexity index is 661. The van der Waals surface area contributed by atoms with Gasteiger partial charge in [0.1, 0.15) is 0 Å². The fourth-order valence-electron chi connectivity index (χ4n) is 2.57. The number of anilines is 2. The minimum atomic E-state index is -0.420. The van der Waals surface area contributed by atoms with Crippen molar-refractivity contribution in [2.24, 2.45) is 11.7 Å². The summed E-state index contributed by atoms with van der Waals surface area (Å²) in [6, 6.07) is 9.64. The van der Waals surface area contributed by atoms with Crippen molar-refractivity contribution < 1.29 is 9.59 Å². The fraction of sp³-hybridized carbons (Fsp3) is 0.200. The highest BCUT2D eigenvalue weighted by Crippen LogP contribution is 2.32. The van der Waals surface area contributed by atoms with Crippen LogP contribution in [0.4, 0.5) is 11.4 Å². The number of para-hydroxylation sites is 1. The topological polar surface area (TPSA) is 88.0 Å². The minimum absolute atomic E-state index is 0.0465. The van der Waals surface area contributed by atoms with E-state index in [4.69, 9.17) is 5.73 Å². The number of ketones is 1. The molecule has 0 radical (unpaired) electrons. The first-order valence-electron chi connectivity index (χ1n) is 6.50. The van der Waals surface area contributed by atoms with E-state index in [1.54, 1.807) is 6.20 Å². The Kier molecular flexibility index (Phi) is 3.02. The van der Waals surface area contributed by atoms with E-state index in [2.05, 4.69) is 10.3 Å². The third-order valence-corrected chi connectivity index (χ3v) is 3.58. The third-order valence-electron chi connectivity index (χ3n) is 3.58. The Morgan fingerprint density at radius 1 is 1.25 bits per heavy atom. The molecule has 102 valence electrons. The quantitative estimate of drug-likeness (QED) is 0.796. The fourth-order valence-corrected chi connectivity index (χ4v) is 2.57. The highest BCUT2D eigenvalue weighted by molar-refractivity contribution is 6.06. The van der Waals surface area contributed by atoms with E-state index >= 15 is 0 Å². The lowest BCUT2D eigenvalue weighted by Gasteiger charge is -2.19. The molecule has 0 saturated carbocycles. The molecule has 1 aromatic heterocycles. The number of fused-ring (bicyclic) bond motifs is 1. The van der Waals surface area contributed by atoms with Crippen molar-refractivity contribution in [2.45, 2.75) is 12.8 Å². The SMILES string of the molecule is NC(=O)C1CC(=O)c2c(Nc3ccccc3)c[nH]c2C1. The van der Waals surface area contributed by atoms with Gasteiger partial charge in [-0.05, 0) is 12.1 Å². The van der Waals surface area contributed by atoms with Gasteiger partial charge in [-0.3, -0.25) is 9.59 Å². The van der Waals surface area contributed by atoms with Gasteiger partial charge >= 0.3 is 0 Å². The Morgan fingerprint density at radius 3 is 2.70 bits per heavy atom. The lowest BCUT2D eigenvalue weighted by atomic mass is 9.86. The van der Waals surface area contributed by atoms with Gasteiger partial charge in [-0.2, -0.15) is 0 Å². The van der Waals surface area contributed by atoms with E-state index in [1.807, 2.05) is 30.3 Å². The molecule has 5 heteroatoms. The third kappa shape index (κ3) is 2.18. The Hall–Kier alpha value is -2.56. The first-order chi connectivity index (χ1) is 9.65. The van der Waals surface area contributed by atoms with Crippen LogP contribution in [0.3, 0.4) is 0 Å². The highest BCUT2D eigenvalue weighted by atomic mass is 16.1. The van der Waals surface area contributed by atoms with Gasteiger partial charge in [0.25, 0.3) is 0 Å². The molecule has 4 N–H and O–H groups in total. The molecule has 0 fully saturated rings. The van der Waals surface area contributed by atoms with E-state index in [-0.39, 0.29) is 12.2 Å². The summed E-state index contributed by atoms with van der Waals surface area (Å²) in [5, 5.41) is 3.22. The molecule has 2 aromatic rings. The Labute approximate surface area is 116 Å². The predicted octanol–water partition coefficient (Wildman–Crippen LogP) is 1.99. The van der Waals surface area contributed by atoms with E-state index in [0.29, 0.717) is 12.0 Å². The van der Waals surface area contributed by atoms with E-state index in [9.17, 15) is 9.59 Å². The van der Waals surface area contributed by atoms with Gasteiger partial charge in [0.05, 0.1) is 17.2 Å². The van der Waals surface area contributed by atoms with Crippen LogP contribution in [0.5, 0.6) is 0 Å². The normalized spacial score (nSPS) is 17.6. The van der Waals surface area contributed by atoms with Crippen molar-refractivity contribution in [3.05, 3.63) is 47.8 Å². The van der Waals surface area contributed by atoms with Gasteiger partial charge < -0.3 is 16.0 Å². The zero-order valence-corrected chi connectivity index (χ0v) is 10.8. The van der Waals surface area contributed by atoms with Crippen LogP contribution in [0, 0.1) is 5.92 Å². The molecule has 3 rings (SSSR count). The first kappa shape index (κ1) is 12.5. The summed E-state index contributed by atoms with van der Waals surface area (Å²) in [6.07, 6.45) is 2.44. The van der Waals surface area contributed by atoms with E-state index in [0.717, 1.165) is 17.1 Å². The van der Waals surface area contributed by atoms with Crippen molar-refractivity contribution in [1.29, 1.82) is 0 Å². The zero-order valence-electron chi connectivity index (χ0n) is 10.8. The molecular weight excluding hydrogens is 254 g/mol. The van der Waals surface area contributed by atoms with E-state index < -0.39 is 11.8 Å². The smallest absolute Gasteiger partial charge is 0.221 e. The number of amides is 1. The van der Waals surface area contributed by atoms with Crippen LogP contribution in [0.2, 0.25) is 0 Å². The predicted molar refractivity (Wildman–Crippen MR) is 75.9 cm³/mol. The van der Waals surface area contributed by atoms with Crippen LogP contribution < -0.4 is 11.1 Å². The average Bonchev–Trinajstić information content (AvgIpc) is 2.83. The second-order valence-corrected chi connectivity index (χ2v) is 4.98. The van der Waals surface area contributed by atoms with Crippen molar-refractivity contribution >= 4 is 23.1 Å². The van der Waals surface area contributed by atoms with Crippen LogP contribution >= 0.6 is 0 Å². The summed E-state index contributed by atoms with van der Waals surface area (Å²) >= 11 is 0. The average molecular weight is 269 g/mol. The van der Waals surface area contributed by atoms with Crippen molar-refractivity contribution in [2.75, 3.05) is 5.32 Å². The number of Topliss-reactive ketones (excluding diaryl/α,β-unsaturated/α-hetero) is 1. The van der Waals surface area contributed by atoms with Gasteiger partial charge in [-0.25, -0.2) is 0 Å². The monoisotopic (exact) mass is 269 g/mol. The number of H-pyrrole nitrogens is 1. The molecule has 1 aromatic carbocycles. The summed E-state index contributed by atoms with van der Waals surface area (Å²) in [5.41, 5.74) is 8.39. The second-order valence-electron chi connectivity index (χ2n) is 4.98. The standard InChI is InChI=1S/C15H15N3O2/c16-15(20)9-6-11-14(13(19)7-9)12(8-17-11)18-10-4-2-1-3-5-10/h1-5,8-9,17-18H,6-7H2,(H2,16,20). The summed E-state index contributed by atoms with van der Waals surface area (Å²) in [4.78, 5) is 26.5. The summed E-state index contributed by atoms with van der Waals surface area (Å²) in [6.45, 7) is 0. The molecule has 1 aliphatic carbocycles. The molecule has 0 saturated heterocycles. The number of hydrogen-bond donors (Lipinski definition) is 3. The molecule has 1 aliphatic rings. The molecule has 1 amide bonds. The van der Waals surface area contributed by atoms with Crippen molar-refractivity contribution in [1.82, 2.24) is 4.98 Å². The molecule has 0 spiro atoms. The Morgan fingerprint density at radius 2 is 2.00 bits per heavy atom. The van der Waals surface area contributed by atoms with Gasteiger partial charge in [-0.1, -0.05) is 18.2 Å². The number of carbonyl (C=O) groups excluding carboxylic acids is 2. The van der Waals surface area contributed by atoms with E-state index in [1.165, 1.54) is 0 Å². The summed E-state index contributed by atoms with van der Waals surface area (Å²) < 4.78 is 0. The largest absolute Gasteiger partial charge is 0.369 e. The number of rotatable bonds is 3. The van der Waals surface area contributed by atoms with Gasteiger partial charge in [0, 0.05) is 30.4 Å². The lowest BCUT2D eigenvalue weighted by molar-refractivity contribution is -0.121. The number of carbonyl (C=O) groups is 2. The van der Waals surface area contributed by atoms with Gasteiger partial charge in [0.2, 0.25) is 5.91 Å². The van der Waals surface area contributed by atoms with Crippen molar-refractivity contribution in [3.63, 3.8) is 0 Å². The second kappa shape index (κ2) is 4.85. The molecule has 0 bridgehead atoms. The zero-order chi connectivity index (χ0) is 14.1. The van der Waals surface area contributed by atoms with Gasteiger partial charge in [0.15, 0.2) is 5.78 Å². The van der Waals surface area contributed by atoms with Crippen LogP contribution in [-0.4, -0.2) is 16.7 Å². The molecule has 1 heterocycles. The maximum Gasteiger partial charge on any atom is 0.221 e. The molecular formula is C15H15N3O2.